The first kappa shape index (κ1) is 16.1. The van der Waals surface area contributed by atoms with Crippen LogP contribution in [-0.4, -0.2) is 11.4 Å². The van der Waals surface area contributed by atoms with E-state index in [2.05, 4.69) is 30.0 Å². The number of benzene rings is 2. The number of rotatable bonds is 4. The highest BCUT2D eigenvalue weighted by molar-refractivity contribution is 6.42. The molecule has 4 heteroatoms. The molecule has 0 saturated carbocycles. The minimum Gasteiger partial charge on any atom is -0.295 e. The fourth-order valence-corrected chi connectivity index (χ4v) is 3.48. The molecule has 1 aliphatic rings. The molecule has 0 amide bonds. The minimum absolute atomic E-state index is 0.618. The maximum atomic E-state index is 6.21. The van der Waals surface area contributed by atoms with Gasteiger partial charge in [0.1, 0.15) is 0 Å². The van der Waals surface area contributed by atoms with Crippen molar-refractivity contribution in [3.05, 3.63) is 67.7 Å². The summed E-state index contributed by atoms with van der Waals surface area (Å²) in [6.45, 7) is 5.16. The molecule has 0 aliphatic carbocycles. The van der Waals surface area contributed by atoms with Gasteiger partial charge in [-0.1, -0.05) is 46.9 Å². The molecule has 0 saturated heterocycles. The Bertz CT molecular complexity index is 666. The summed E-state index contributed by atoms with van der Waals surface area (Å²) >= 11 is 18.2. The van der Waals surface area contributed by atoms with Crippen LogP contribution in [0, 0.1) is 6.92 Å². The summed E-state index contributed by atoms with van der Waals surface area (Å²) in [4.78, 5) is 2.47. The highest BCUT2D eigenvalue weighted by Gasteiger charge is 2.19. The summed E-state index contributed by atoms with van der Waals surface area (Å²) in [5.74, 6) is 0. The lowest BCUT2D eigenvalue weighted by Crippen LogP contribution is -2.18. The van der Waals surface area contributed by atoms with Crippen molar-refractivity contribution in [1.82, 2.24) is 4.90 Å². The third kappa shape index (κ3) is 3.60. The van der Waals surface area contributed by atoms with E-state index in [1.165, 1.54) is 16.7 Å². The zero-order valence-electron chi connectivity index (χ0n) is 12.5. The van der Waals surface area contributed by atoms with Gasteiger partial charge in [0.15, 0.2) is 0 Å². The fourth-order valence-electron chi connectivity index (χ4n) is 2.97. The Morgan fingerprint density at radius 3 is 2.36 bits per heavy atom. The van der Waals surface area contributed by atoms with Crippen LogP contribution in [0.3, 0.4) is 0 Å². The first-order chi connectivity index (χ1) is 10.5. The molecule has 22 heavy (non-hydrogen) atoms. The van der Waals surface area contributed by atoms with Crippen LogP contribution in [-0.2, 0) is 19.5 Å². The molecule has 0 atom stereocenters. The molecule has 116 valence electrons. The van der Waals surface area contributed by atoms with Gasteiger partial charge < -0.3 is 0 Å². The normalized spacial score (nSPS) is 14.4. The van der Waals surface area contributed by atoms with Gasteiger partial charge in [-0.3, -0.25) is 4.90 Å². The van der Waals surface area contributed by atoms with Crippen molar-refractivity contribution in [2.45, 2.75) is 32.9 Å². The van der Waals surface area contributed by atoms with Crippen LogP contribution < -0.4 is 0 Å². The van der Waals surface area contributed by atoms with E-state index >= 15 is 0 Å². The first-order valence-corrected chi connectivity index (χ1v) is 8.60. The molecule has 3 rings (SSSR count). The van der Waals surface area contributed by atoms with Crippen LogP contribution in [0.4, 0.5) is 0 Å². The molecule has 0 radical (unpaired) electrons. The summed E-state index contributed by atoms with van der Waals surface area (Å²) in [7, 11) is 0. The van der Waals surface area contributed by atoms with Gasteiger partial charge in [0.2, 0.25) is 0 Å². The SMILES string of the molecule is Cc1cc2c(cc1Cl)CN(CCCc1ccc(Cl)c(Cl)c1)C2. The first-order valence-electron chi connectivity index (χ1n) is 7.47. The van der Waals surface area contributed by atoms with Gasteiger partial charge in [-0.25, -0.2) is 0 Å². The van der Waals surface area contributed by atoms with Gasteiger partial charge in [-0.2, -0.15) is 0 Å². The largest absolute Gasteiger partial charge is 0.295 e. The van der Waals surface area contributed by atoms with Crippen molar-refractivity contribution in [3.63, 3.8) is 0 Å². The Morgan fingerprint density at radius 2 is 1.64 bits per heavy atom. The van der Waals surface area contributed by atoms with Crippen molar-refractivity contribution >= 4 is 34.8 Å². The van der Waals surface area contributed by atoms with Crippen LogP contribution in [0.5, 0.6) is 0 Å². The van der Waals surface area contributed by atoms with E-state index in [1.807, 2.05) is 12.1 Å². The maximum Gasteiger partial charge on any atom is 0.0595 e. The highest BCUT2D eigenvalue weighted by atomic mass is 35.5. The lowest BCUT2D eigenvalue weighted by molar-refractivity contribution is 0.280. The Morgan fingerprint density at radius 1 is 0.909 bits per heavy atom. The number of hydrogen-bond donors (Lipinski definition) is 0. The standard InChI is InChI=1S/C18H18Cl3N/c1-12-7-14-10-22(11-15(14)9-17(12)20)6-2-3-13-4-5-16(19)18(21)8-13/h4-5,7-9H,2-3,6,10-11H2,1H3. The second kappa shape index (κ2) is 6.80. The maximum absolute atomic E-state index is 6.21. The van der Waals surface area contributed by atoms with Crippen molar-refractivity contribution in [2.24, 2.45) is 0 Å². The molecule has 2 aromatic rings. The molecule has 1 nitrogen and oxygen atoms in total. The predicted octanol–water partition coefficient (Wildman–Crippen LogP) is 5.90. The van der Waals surface area contributed by atoms with Gasteiger partial charge in [0, 0.05) is 18.1 Å². The fraction of sp³-hybridized carbons (Fsp3) is 0.333. The third-order valence-electron chi connectivity index (χ3n) is 4.19. The van der Waals surface area contributed by atoms with Gasteiger partial charge in [0.25, 0.3) is 0 Å². The minimum atomic E-state index is 0.618. The van der Waals surface area contributed by atoms with Crippen LogP contribution in [0.15, 0.2) is 30.3 Å². The van der Waals surface area contributed by atoms with Gasteiger partial charge in [-0.05, 0) is 66.8 Å². The van der Waals surface area contributed by atoms with E-state index in [1.54, 1.807) is 0 Å². The average molecular weight is 355 g/mol. The van der Waals surface area contributed by atoms with E-state index in [9.17, 15) is 0 Å². The van der Waals surface area contributed by atoms with E-state index in [4.69, 9.17) is 34.8 Å². The highest BCUT2D eigenvalue weighted by Crippen LogP contribution is 2.29. The van der Waals surface area contributed by atoms with E-state index in [0.29, 0.717) is 10.0 Å². The lowest BCUT2D eigenvalue weighted by atomic mass is 10.1. The number of hydrogen-bond acceptors (Lipinski definition) is 1. The predicted molar refractivity (Wildman–Crippen MR) is 95.1 cm³/mol. The lowest BCUT2D eigenvalue weighted by Gasteiger charge is -2.14. The zero-order chi connectivity index (χ0) is 15.7. The molecule has 0 aromatic heterocycles. The Hall–Kier alpha value is -0.730. The van der Waals surface area contributed by atoms with Crippen molar-refractivity contribution in [3.8, 4) is 0 Å². The summed E-state index contributed by atoms with van der Waals surface area (Å²) in [6, 6.07) is 10.2. The monoisotopic (exact) mass is 353 g/mol. The Labute approximate surface area is 146 Å². The van der Waals surface area contributed by atoms with Gasteiger partial charge >= 0.3 is 0 Å². The van der Waals surface area contributed by atoms with Gasteiger partial charge in [0.05, 0.1) is 10.0 Å². The number of aryl methyl sites for hydroxylation is 2. The molecule has 1 aliphatic heterocycles. The number of fused-ring (bicyclic) bond motifs is 1. The van der Waals surface area contributed by atoms with Crippen molar-refractivity contribution < 1.29 is 0 Å². The second-order valence-electron chi connectivity index (χ2n) is 5.93. The molecule has 2 aromatic carbocycles. The van der Waals surface area contributed by atoms with Crippen LogP contribution in [0.25, 0.3) is 0 Å². The summed E-state index contributed by atoms with van der Waals surface area (Å²) in [6.07, 6.45) is 2.13. The van der Waals surface area contributed by atoms with E-state index in [-0.39, 0.29) is 0 Å². The van der Waals surface area contributed by atoms with Crippen molar-refractivity contribution in [1.29, 1.82) is 0 Å². The van der Waals surface area contributed by atoms with E-state index in [0.717, 1.165) is 43.1 Å². The second-order valence-corrected chi connectivity index (χ2v) is 7.15. The molecule has 0 fully saturated rings. The Kier molecular flexibility index (Phi) is 4.99. The topological polar surface area (TPSA) is 3.24 Å². The molecular weight excluding hydrogens is 337 g/mol. The molecular formula is C18H18Cl3N. The van der Waals surface area contributed by atoms with Crippen molar-refractivity contribution in [2.75, 3.05) is 6.54 Å². The van der Waals surface area contributed by atoms with Crippen LogP contribution >= 0.6 is 34.8 Å². The molecule has 0 unspecified atom stereocenters. The van der Waals surface area contributed by atoms with Crippen LogP contribution in [0.2, 0.25) is 15.1 Å². The Balaban J connectivity index is 1.54. The smallest absolute Gasteiger partial charge is 0.0595 e. The zero-order valence-corrected chi connectivity index (χ0v) is 14.8. The van der Waals surface area contributed by atoms with Crippen LogP contribution in [0.1, 0.15) is 28.7 Å². The molecule has 0 spiro atoms. The molecule has 0 bridgehead atoms. The van der Waals surface area contributed by atoms with Gasteiger partial charge in [-0.15, -0.1) is 0 Å². The summed E-state index contributed by atoms with van der Waals surface area (Å²) in [5, 5.41) is 2.13. The third-order valence-corrected chi connectivity index (χ3v) is 5.34. The summed E-state index contributed by atoms with van der Waals surface area (Å²) in [5.41, 5.74) is 5.18. The molecule has 0 N–H and O–H groups in total. The quantitative estimate of drug-likeness (QED) is 0.660. The number of nitrogens with zero attached hydrogens (tertiary/aromatic N) is 1. The molecule has 1 heterocycles. The summed E-state index contributed by atoms with van der Waals surface area (Å²) < 4.78 is 0. The number of halogens is 3. The average Bonchev–Trinajstić information content (AvgIpc) is 2.85. The van der Waals surface area contributed by atoms with E-state index < -0.39 is 0 Å².